The lowest BCUT2D eigenvalue weighted by molar-refractivity contribution is 0.727. The largest absolute Gasteiger partial charge is 0.397 e. The van der Waals surface area contributed by atoms with Crippen molar-refractivity contribution < 1.29 is 0 Å². The summed E-state index contributed by atoms with van der Waals surface area (Å²) >= 11 is 13.5. The van der Waals surface area contributed by atoms with E-state index in [-0.39, 0.29) is 5.92 Å². The fourth-order valence-electron chi connectivity index (χ4n) is 1.86. The van der Waals surface area contributed by atoms with E-state index >= 15 is 0 Å². The summed E-state index contributed by atoms with van der Waals surface area (Å²) in [5.74, 6) is 1.05. The summed E-state index contributed by atoms with van der Waals surface area (Å²) in [7, 11) is 0. The third-order valence-corrected chi connectivity index (χ3v) is 4.32. The number of anilines is 1. The molecule has 8 heteroatoms. The number of hydrogen-bond donors (Lipinski definition) is 1. The van der Waals surface area contributed by atoms with Crippen LogP contribution in [0.4, 0.5) is 5.69 Å². The fraction of sp³-hybridized carbons (Fsp3) is 0.250. The van der Waals surface area contributed by atoms with Crippen LogP contribution in [-0.2, 0) is 0 Å². The van der Waals surface area contributed by atoms with Gasteiger partial charge in [-0.05, 0) is 12.1 Å². The SMILES string of the molecule is CC(C)c1nnc2sc(-c3cc(Cl)cc(Cl)c3N)nn12. The molecule has 0 bridgehead atoms. The van der Waals surface area contributed by atoms with Gasteiger partial charge in [-0.15, -0.1) is 10.2 Å². The summed E-state index contributed by atoms with van der Waals surface area (Å²) in [6.07, 6.45) is 0. The molecule has 1 aromatic carbocycles. The molecule has 2 aromatic heterocycles. The van der Waals surface area contributed by atoms with Gasteiger partial charge in [-0.1, -0.05) is 48.4 Å². The van der Waals surface area contributed by atoms with Crippen LogP contribution < -0.4 is 5.73 Å². The van der Waals surface area contributed by atoms with Crippen molar-refractivity contribution in [2.45, 2.75) is 19.8 Å². The van der Waals surface area contributed by atoms with E-state index in [0.29, 0.717) is 21.3 Å². The Labute approximate surface area is 129 Å². The van der Waals surface area contributed by atoms with Gasteiger partial charge >= 0.3 is 0 Å². The molecule has 2 N–H and O–H groups in total. The van der Waals surface area contributed by atoms with Crippen LogP contribution in [0.25, 0.3) is 15.5 Å². The van der Waals surface area contributed by atoms with Crippen molar-refractivity contribution in [2.75, 3.05) is 5.73 Å². The minimum absolute atomic E-state index is 0.236. The normalized spacial score (nSPS) is 11.7. The highest BCUT2D eigenvalue weighted by Crippen LogP contribution is 2.37. The first-order valence-corrected chi connectivity index (χ1v) is 7.51. The highest BCUT2D eigenvalue weighted by atomic mass is 35.5. The Morgan fingerprint density at radius 3 is 2.70 bits per heavy atom. The second-order valence-corrected chi connectivity index (χ2v) is 6.46. The van der Waals surface area contributed by atoms with Gasteiger partial charge in [-0.2, -0.15) is 9.61 Å². The van der Waals surface area contributed by atoms with Gasteiger partial charge in [0.15, 0.2) is 5.82 Å². The minimum atomic E-state index is 0.236. The molecule has 0 fully saturated rings. The maximum Gasteiger partial charge on any atom is 0.234 e. The summed E-state index contributed by atoms with van der Waals surface area (Å²) in [6.45, 7) is 4.08. The number of benzene rings is 1. The average molecular weight is 328 g/mol. The molecular formula is C12H11Cl2N5S. The van der Waals surface area contributed by atoms with Crippen LogP contribution in [-0.4, -0.2) is 19.8 Å². The molecule has 20 heavy (non-hydrogen) atoms. The lowest BCUT2D eigenvalue weighted by Crippen LogP contribution is -1.98. The first-order valence-electron chi connectivity index (χ1n) is 5.94. The van der Waals surface area contributed by atoms with Crippen molar-refractivity contribution in [3.63, 3.8) is 0 Å². The standard InChI is InChI=1S/C12H11Cl2N5S/c1-5(2)10-16-17-12-19(10)18-11(20-12)7-3-6(13)4-8(14)9(7)15/h3-5H,15H2,1-2H3. The number of rotatable bonds is 2. The van der Waals surface area contributed by atoms with E-state index in [1.54, 1.807) is 16.6 Å². The number of nitrogens with two attached hydrogens (primary N) is 1. The van der Waals surface area contributed by atoms with E-state index < -0.39 is 0 Å². The molecule has 0 unspecified atom stereocenters. The van der Waals surface area contributed by atoms with Crippen LogP contribution in [0, 0.1) is 0 Å². The molecule has 0 saturated heterocycles. The zero-order valence-electron chi connectivity index (χ0n) is 10.8. The Bertz CT molecular complexity index is 793. The summed E-state index contributed by atoms with van der Waals surface area (Å²) in [6, 6.07) is 3.37. The quantitative estimate of drug-likeness (QED) is 0.725. The highest BCUT2D eigenvalue weighted by molar-refractivity contribution is 7.19. The zero-order chi connectivity index (χ0) is 14.4. The minimum Gasteiger partial charge on any atom is -0.397 e. The third-order valence-electron chi connectivity index (χ3n) is 2.86. The lowest BCUT2D eigenvalue weighted by atomic mass is 10.2. The highest BCUT2D eigenvalue weighted by Gasteiger charge is 2.17. The Morgan fingerprint density at radius 1 is 1.25 bits per heavy atom. The monoisotopic (exact) mass is 327 g/mol. The van der Waals surface area contributed by atoms with E-state index in [2.05, 4.69) is 15.3 Å². The van der Waals surface area contributed by atoms with Gasteiger partial charge in [-0.3, -0.25) is 0 Å². The van der Waals surface area contributed by atoms with Crippen LogP contribution in [0.5, 0.6) is 0 Å². The van der Waals surface area contributed by atoms with Crippen LogP contribution >= 0.6 is 34.5 Å². The molecule has 0 aliphatic rings. The number of nitrogen functional groups attached to an aromatic ring is 1. The summed E-state index contributed by atoms with van der Waals surface area (Å²) < 4.78 is 1.74. The summed E-state index contributed by atoms with van der Waals surface area (Å²) in [5.41, 5.74) is 7.18. The van der Waals surface area contributed by atoms with Gasteiger partial charge in [-0.25, -0.2) is 0 Å². The second kappa shape index (κ2) is 4.87. The summed E-state index contributed by atoms with van der Waals surface area (Å²) in [4.78, 5) is 0.721. The molecule has 3 rings (SSSR count). The smallest absolute Gasteiger partial charge is 0.234 e. The molecular weight excluding hydrogens is 317 g/mol. The predicted octanol–water partition coefficient (Wildman–Crippen LogP) is 3.87. The Morgan fingerprint density at radius 2 is 2.00 bits per heavy atom. The van der Waals surface area contributed by atoms with E-state index in [9.17, 15) is 0 Å². The first kappa shape index (κ1) is 13.6. The van der Waals surface area contributed by atoms with E-state index in [1.165, 1.54) is 11.3 Å². The van der Waals surface area contributed by atoms with Gasteiger partial charge in [0.1, 0.15) is 5.01 Å². The van der Waals surface area contributed by atoms with Gasteiger partial charge < -0.3 is 5.73 Å². The number of fused-ring (bicyclic) bond motifs is 1. The van der Waals surface area contributed by atoms with Crippen LogP contribution in [0.1, 0.15) is 25.6 Å². The van der Waals surface area contributed by atoms with E-state index in [1.807, 2.05) is 13.8 Å². The first-order chi connectivity index (χ1) is 9.47. The van der Waals surface area contributed by atoms with Crippen molar-refractivity contribution in [3.8, 4) is 10.6 Å². The van der Waals surface area contributed by atoms with Gasteiger partial charge in [0, 0.05) is 16.5 Å². The molecule has 5 nitrogen and oxygen atoms in total. The van der Waals surface area contributed by atoms with Gasteiger partial charge in [0.05, 0.1) is 10.7 Å². The van der Waals surface area contributed by atoms with Gasteiger partial charge in [0.25, 0.3) is 0 Å². The number of aromatic nitrogens is 4. The number of nitrogens with zero attached hydrogens (tertiary/aromatic N) is 4. The molecule has 0 spiro atoms. The summed E-state index contributed by atoms with van der Waals surface area (Å²) in [5, 5.41) is 14.4. The molecule has 0 saturated carbocycles. The molecule has 0 radical (unpaired) electrons. The zero-order valence-corrected chi connectivity index (χ0v) is 13.1. The van der Waals surface area contributed by atoms with Crippen molar-refractivity contribution in [3.05, 3.63) is 28.0 Å². The topological polar surface area (TPSA) is 69.1 Å². The van der Waals surface area contributed by atoms with Crippen LogP contribution in [0.3, 0.4) is 0 Å². The molecule has 0 aliphatic carbocycles. The van der Waals surface area contributed by atoms with E-state index in [4.69, 9.17) is 28.9 Å². The van der Waals surface area contributed by atoms with Crippen molar-refractivity contribution in [1.82, 2.24) is 19.8 Å². The second-order valence-electron chi connectivity index (χ2n) is 4.66. The van der Waals surface area contributed by atoms with Crippen LogP contribution in [0.2, 0.25) is 10.0 Å². The third kappa shape index (κ3) is 2.13. The fourth-order valence-corrected chi connectivity index (χ4v) is 3.23. The molecule has 0 amide bonds. The molecule has 104 valence electrons. The van der Waals surface area contributed by atoms with Gasteiger partial charge in [0.2, 0.25) is 4.96 Å². The molecule has 3 aromatic rings. The van der Waals surface area contributed by atoms with Crippen molar-refractivity contribution in [2.24, 2.45) is 0 Å². The molecule has 0 aliphatic heterocycles. The Balaban J connectivity index is 2.20. The number of halogens is 2. The maximum absolute atomic E-state index is 6.06. The Kier molecular flexibility index (Phi) is 3.32. The average Bonchev–Trinajstić information content (AvgIpc) is 2.92. The lowest BCUT2D eigenvalue weighted by Gasteiger charge is -2.05. The Hall–Kier alpha value is -1.37. The molecule has 0 atom stereocenters. The maximum atomic E-state index is 6.06. The van der Waals surface area contributed by atoms with E-state index in [0.717, 1.165) is 15.8 Å². The predicted molar refractivity (Wildman–Crippen MR) is 82.6 cm³/mol. The number of hydrogen-bond acceptors (Lipinski definition) is 5. The molecule has 2 heterocycles. The van der Waals surface area contributed by atoms with Crippen molar-refractivity contribution in [1.29, 1.82) is 0 Å². The van der Waals surface area contributed by atoms with Crippen molar-refractivity contribution >= 4 is 45.2 Å². The van der Waals surface area contributed by atoms with Crippen LogP contribution in [0.15, 0.2) is 12.1 Å².